The molecule has 1 N–H and O–H groups in total. The summed E-state index contributed by atoms with van der Waals surface area (Å²) < 4.78 is 0. The third-order valence-corrected chi connectivity index (χ3v) is 3.65. The highest BCUT2D eigenvalue weighted by Crippen LogP contribution is 2.37. The average Bonchev–Trinajstić information content (AvgIpc) is 2.62. The molecule has 0 fully saturated rings. The van der Waals surface area contributed by atoms with Gasteiger partial charge in [-0.05, 0) is 11.6 Å². The molecule has 0 unspecified atom stereocenters. The van der Waals surface area contributed by atoms with Crippen molar-refractivity contribution in [1.82, 2.24) is 4.98 Å². The van der Waals surface area contributed by atoms with E-state index >= 15 is 0 Å². The highest BCUT2D eigenvalue weighted by Gasteiger charge is 2.24. The Labute approximate surface area is 136 Å². The van der Waals surface area contributed by atoms with Crippen LogP contribution in [0, 0.1) is 21.4 Å². The van der Waals surface area contributed by atoms with Crippen LogP contribution in [0.4, 0.5) is 5.69 Å². The largest absolute Gasteiger partial charge is 0.322 e. The van der Waals surface area contributed by atoms with Gasteiger partial charge in [0.1, 0.15) is 0 Å². The Morgan fingerprint density at radius 3 is 2.33 bits per heavy atom. The first-order chi connectivity index (χ1) is 11.6. The van der Waals surface area contributed by atoms with Gasteiger partial charge in [-0.1, -0.05) is 48.5 Å². The fourth-order valence-corrected chi connectivity index (χ4v) is 2.62. The summed E-state index contributed by atoms with van der Waals surface area (Å²) in [6.45, 7) is 0. The summed E-state index contributed by atoms with van der Waals surface area (Å²) in [6, 6.07) is 17.2. The Morgan fingerprint density at radius 1 is 1.00 bits per heavy atom. The topological polar surface area (TPSA) is 99.8 Å². The highest BCUT2D eigenvalue weighted by molar-refractivity contribution is 5.90. The van der Waals surface area contributed by atoms with Crippen LogP contribution in [-0.2, 0) is 0 Å². The van der Waals surface area contributed by atoms with Crippen molar-refractivity contribution in [3.63, 3.8) is 0 Å². The van der Waals surface area contributed by atoms with Crippen LogP contribution in [0.15, 0.2) is 65.6 Å². The summed E-state index contributed by atoms with van der Waals surface area (Å²) in [5.74, 6) is 0. The fourth-order valence-electron chi connectivity index (χ4n) is 2.62. The van der Waals surface area contributed by atoms with Crippen LogP contribution in [0.5, 0.6) is 0 Å². The van der Waals surface area contributed by atoms with Crippen LogP contribution >= 0.6 is 0 Å². The van der Waals surface area contributed by atoms with E-state index in [1.54, 1.807) is 54.6 Å². The summed E-state index contributed by atoms with van der Waals surface area (Å²) in [4.78, 5) is 25.8. The minimum absolute atomic E-state index is 0.118. The Bertz CT molecular complexity index is 1020. The average molecular weight is 317 g/mol. The number of aromatic nitrogens is 1. The quantitative estimate of drug-likeness (QED) is 0.590. The van der Waals surface area contributed by atoms with Crippen molar-refractivity contribution in [2.24, 2.45) is 0 Å². The van der Waals surface area contributed by atoms with Crippen molar-refractivity contribution in [2.45, 2.75) is 0 Å². The minimum atomic E-state index is -0.545. The molecule has 0 bridgehead atoms. The first-order valence-electron chi connectivity index (χ1n) is 7.08. The van der Waals surface area contributed by atoms with Gasteiger partial charge < -0.3 is 4.98 Å². The molecule has 0 saturated carbocycles. The molecule has 24 heavy (non-hydrogen) atoms. The molecule has 6 heteroatoms. The van der Waals surface area contributed by atoms with Gasteiger partial charge in [-0.25, -0.2) is 0 Å². The zero-order valence-corrected chi connectivity index (χ0v) is 12.4. The fraction of sp³-hybridized carbons (Fsp3) is 0. The molecule has 1 aromatic heterocycles. The van der Waals surface area contributed by atoms with Gasteiger partial charge in [-0.15, -0.1) is 0 Å². The van der Waals surface area contributed by atoms with Gasteiger partial charge in [-0.3, -0.25) is 14.9 Å². The van der Waals surface area contributed by atoms with E-state index in [4.69, 9.17) is 0 Å². The highest BCUT2D eigenvalue weighted by atomic mass is 16.6. The normalized spacial score (nSPS) is 10.1. The number of benzene rings is 2. The molecule has 0 amide bonds. The standard InChI is InChI=1S/C18H11N3O3/c19-10-13-8-4-5-9-14(13)17-16(12-6-2-1-3-7-12)15(21(23)24)11-20-18(17)22/h1-9,11H,(H,20,22). The van der Waals surface area contributed by atoms with Crippen molar-refractivity contribution in [1.29, 1.82) is 5.26 Å². The van der Waals surface area contributed by atoms with Crippen molar-refractivity contribution in [2.75, 3.05) is 0 Å². The molecule has 0 aliphatic rings. The Morgan fingerprint density at radius 2 is 1.67 bits per heavy atom. The third-order valence-electron chi connectivity index (χ3n) is 3.65. The number of hydrogen-bond donors (Lipinski definition) is 1. The van der Waals surface area contributed by atoms with Gasteiger partial charge in [0.15, 0.2) is 0 Å². The van der Waals surface area contributed by atoms with E-state index in [0.717, 1.165) is 6.20 Å². The number of nitro groups is 1. The molecule has 1 heterocycles. The number of rotatable bonds is 3. The van der Waals surface area contributed by atoms with Gasteiger partial charge in [0.2, 0.25) is 0 Å². The van der Waals surface area contributed by atoms with E-state index in [1.165, 1.54) is 0 Å². The van der Waals surface area contributed by atoms with Crippen LogP contribution in [0.25, 0.3) is 22.3 Å². The Hall–Kier alpha value is -3.72. The molecule has 0 radical (unpaired) electrons. The molecule has 116 valence electrons. The van der Waals surface area contributed by atoms with Crippen LogP contribution in [0.1, 0.15) is 5.56 Å². The maximum absolute atomic E-state index is 12.5. The number of nitriles is 1. The van der Waals surface area contributed by atoms with E-state index in [1.807, 2.05) is 6.07 Å². The second-order valence-electron chi connectivity index (χ2n) is 5.03. The second-order valence-corrected chi connectivity index (χ2v) is 5.03. The van der Waals surface area contributed by atoms with Gasteiger partial charge in [-0.2, -0.15) is 5.26 Å². The summed E-state index contributed by atoms with van der Waals surface area (Å²) in [5, 5.41) is 20.8. The lowest BCUT2D eigenvalue weighted by atomic mass is 9.92. The van der Waals surface area contributed by atoms with Gasteiger partial charge in [0.25, 0.3) is 11.2 Å². The van der Waals surface area contributed by atoms with E-state index in [2.05, 4.69) is 4.98 Å². The number of aromatic amines is 1. The van der Waals surface area contributed by atoms with E-state index < -0.39 is 10.5 Å². The smallest absolute Gasteiger partial charge is 0.293 e. The maximum atomic E-state index is 12.5. The molecule has 0 saturated heterocycles. The molecule has 0 aliphatic heterocycles. The Balaban J connectivity index is 2.47. The molecule has 6 nitrogen and oxygen atoms in total. The third kappa shape index (κ3) is 2.55. The van der Waals surface area contributed by atoms with Crippen molar-refractivity contribution in [3.05, 3.63) is 86.8 Å². The van der Waals surface area contributed by atoms with E-state index in [-0.39, 0.29) is 22.4 Å². The number of hydrogen-bond acceptors (Lipinski definition) is 4. The van der Waals surface area contributed by atoms with Crippen molar-refractivity contribution >= 4 is 5.69 Å². The Kier molecular flexibility index (Phi) is 3.91. The summed E-state index contributed by atoms with van der Waals surface area (Å²) in [6.07, 6.45) is 1.09. The first kappa shape index (κ1) is 15.2. The lowest BCUT2D eigenvalue weighted by Gasteiger charge is -2.11. The van der Waals surface area contributed by atoms with Gasteiger partial charge in [0.05, 0.1) is 33.9 Å². The molecule has 2 aromatic carbocycles. The predicted molar refractivity (Wildman–Crippen MR) is 89.3 cm³/mol. The predicted octanol–water partition coefficient (Wildman–Crippen LogP) is 3.49. The monoisotopic (exact) mass is 317 g/mol. The molecule has 3 rings (SSSR count). The van der Waals surface area contributed by atoms with E-state index in [0.29, 0.717) is 11.1 Å². The summed E-state index contributed by atoms with van der Waals surface area (Å²) in [5.41, 5.74) is 0.799. The molecular weight excluding hydrogens is 306 g/mol. The molecule has 3 aromatic rings. The SMILES string of the molecule is N#Cc1ccccc1-c1c(-c2ccccc2)c([N+](=O)[O-])c[nH]c1=O. The van der Waals surface area contributed by atoms with Crippen LogP contribution in [0.3, 0.4) is 0 Å². The second kappa shape index (κ2) is 6.18. The van der Waals surface area contributed by atoms with Crippen molar-refractivity contribution < 1.29 is 4.92 Å². The zero-order valence-electron chi connectivity index (χ0n) is 12.4. The van der Waals surface area contributed by atoms with Gasteiger partial charge in [0, 0.05) is 5.56 Å². The maximum Gasteiger partial charge on any atom is 0.293 e. The van der Waals surface area contributed by atoms with Crippen LogP contribution < -0.4 is 5.56 Å². The lowest BCUT2D eigenvalue weighted by Crippen LogP contribution is -2.12. The first-order valence-corrected chi connectivity index (χ1v) is 7.08. The summed E-state index contributed by atoms with van der Waals surface area (Å²) >= 11 is 0. The molecule has 0 spiro atoms. The molecular formula is C18H11N3O3. The molecule has 0 aliphatic carbocycles. The number of pyridine rings is 1. The number of nitrogens with zero attached hydrogens (tertiary/aromatic N) is 2. The lowest BCUT2D eigenvalue weighted by molar-refractivity contribution is -0.384. The summed E-state index contributed by atoms with van der Waals surface area (Å²) in [7, 11) is 0. The van der Waals surface area contributed by atoms with Gasteiger partial charge >= 0.3 is 0 Å². The van der Waals surface area contributed by atoms with Crippen LogP contribution in [0.2, 0.25) is 0 Å². The van der Waals surface area contributed by atoms with Crippen molar-refractivity contribution in [3.8, 4) is 28.3 Å². The van der Waals surface area contributed by atoms with E-state index in [9.17, 15) is 20.2 Å². The zero-order chi connectivity index (χ0) is 17.1. The minimum Gasteiger partial charge on any atom is -0.322 e. The number of H-pyrrole nitrogens is 1. The number of nitrogens with one attached hydrogen (secondary N) is 1. The van der Waals surface area contributed by atoms with Crippen LogP contribution in [-0.4, -0.2) is 9.91 Å². The molecule has 0 atom stereocenters.